The van der Waals surface area contributed by atoms with Crippen molar-refractivity contribution in [1.82, 2.24) is 0 Å². The van der Waals surface area contributed by atoms with Crippen molar-refractivity contribution in [3.05, 3.63) is 35.9 Å². The van der Waals surface area contributed by atoms with Gasteiger partial charge in [-0.3, -0.25) is 4.79 Å². The Labute approximate surface area is 79.8 Å². The first-order valence-electron chi connectivity index (χ1n) is 4.74. The van der Waals surface area contributed by atoms with Crippen molar-refractivity contribution in [3.63, 3.8) is 0 Å². The summed E-state index contributed by atoms with van der Waals surface area (Å²) in [6, 6.07) is 9.89. The summed E-state index contributed by atoms with van der Waals surface area (Å²) in [5, 5.41) is 0. The van der Waals surface area contributed by atoms with E-state index in [0.29, 0.717) is 0 Å². The molecule has 0 unspecified atom stereocenters. The van der Waals surface area contributed by atoms with E-state index in [1.165, 1.54) is 0 Å². The average Bonchev–Trinajstić information content (AvgIpc) is 2.23. The fourth-order valence-corrected chi connectivity index (χ4v) is 1.62. The lowest BCUT2D eigenvalue weighted by Crippen LogP contribution is -2.25. The number of carbonyl (C=O) groups excluding carboxylic acids is 1. The average molecular weight is 175 g/mol. The molecule has 0 bridgehead atoms. The maximum atomic E-state index is 11.0. The fraction of sp³-hybridized carbons (Fsp3) is 0.417. The van der Waals surface area contributed by atoms with Crippen molar-refractivity contribution in [3.8, 4) is 0 Å². The maximum Gasteiger partial charge on any atom is 0.209 e. The summed E-state index contributed by atoms with van der Waals surface area (Å²) in [6.07, 6.45) is 3.81. The Hall–Kier alpha value is -1.11. The van der Waals surface area contributed by atoms with Gasteiger partial charge in [-0.25, -0.2) is 0 Å². The molecule has 1 rings (SSSR count). The van der Waals surface area contributed by atoms with Crippen molar-refractivity contribution in [2.24, 2.45) is 0 Å². The predicted molar refractivity (Wildman–Crippen MR) is 54.4 cm³/mol. The van der Waals surface area contributed by atoms with Gasteiger partial charge in [0.25, 0.3) is 0 Å². The van der Waals surface area contributed by atoms with Crippen LogP contribution in [0.5, 0.6) is 0 Å². The van der Waals surface area contributed by atoms with Gasteiger partial charge in [0.1, 0.15) is 0 Å². The molecule has 1 heteroatoms. The highest BCUT2D eigenvalue weighted by molar-refractivity contribution is 5.69. The number of hydrogen-bond acceptors (Lipinski definition) is 1. The molecule has 0 amide bonds. The molecule has 13 heavy (non-hydrogen) atoms. The zero-order valence-electron chi connectivity index (χ0n) is 8.21. The first kappa shape index (κ1) is 9.97. The number of rotatable bonds is 4. The SMILES string of the molecule is CCC([C]=O)(CC)c1ccccc1. The van der Waals surface area contributed by atoms with Crippen LogP contribution < -0.4 is 0 Å². The fourth-order valence-electron chi connectivity index (χ4n) is 1.62. The molecule has 1 radical (unpaired) electrons. The normalized spacial score (nSPS) is 11.2. The molecule has 0 saturated carbocycles. The van der Waals surface area contributed by atoms with E-state index in [0.717, 1.165) is 18.4 Å². The molecule has 0 heterocycles. The van der Waals surface area contributed by atoms with Gasteiger partial charge in [0, 0.05) is 0 Å². The number of benzene rings is 1. The Morgan fingerprint density at radius 3 is 2.08 bits per heavy atom. The molecule has 1 aromatic carbocycles. The summed E-state index contributed by atoms with van der Waals surface area (Å²) < 4.78 is 0. The van der Waals surface area contributed by atoms with E-state index in [2.05, 4.69) is 6.29 Å². The maximum absolute atomic E-state index is 11.0. The molecular weight excluding hydrogens is 160 g/mol. The molecule has 0 atom stereocenters. The van der Waals surface area contributed by atoms with Gasteiger partial charge in [-0.05, 0) is 18.4 Å². The van der Waals surface area contributed by atoms with Crippen LogP contribution in [0.25, 0.3) is 0 Å². The molecule has 0 aliphatic rings. The summed E-state index contributed by atoms with van der Waals surface area (Å²) in [6.45, 7) is 4.06. The highest BCUT2D eigenvalue weighted by Crippen LogP contribution is 2.28. The predicted octanol–water partition coefficient (Wildman–Crippen LogP) is 2.85. The zero-order valence-corrected chi connectivity index (χ0v) is 8.21. The standard InChI is InChI=1S/C12H15O/c1-3-12(4-2,10-13)11-8-6-5-7-9-11/h5-9H,3-4H2,1-2H3. The van der Waals surface area contributed by atoms with Crippen LogP contribution in [0.2, 0.25) is 0 Å². The first-order valence-corrected chi connectivity index (χ1v) is 4.74. The van der Waals surface area contributed by atoms with Crippen LogP contribution in [0.3, 0.4) is 0 Å². The highest BCUT2D eigenvalue weighted by atomic mass is 16.1. The summed E-state index contributed by atoms with van der Waals surface area (Å²) in [5.74, 6) is 0. The van der Waals surface area contributed by atoms with E-state index in [4.69, 9.17) is 0 Å². The second-order valence-corrected chi connectivity index (χ2v) is 3.26. The zero-order chi connectivity index (χ0) is 9.73. The molecule has 0 aromatic heterocycles. The van der Waals surface area contributed by atoms with Gasteiger partial charge >= 0.3 is 0 Å². The molecule has 0 N–H and O–H groups in total. The Kier molecular flexibility index (Phi) is 3.24. The van der Waals surface area contributed by atoms with Crippen LogP contribution >= 0.6 is 0 Å². The monoisotopic (exact) mass is 175 g/mol. The third kappa shape index (κ3) is 1.80. The Morgan fingerprint density at radius 1 is 1.15 bits per heavy atom. The smallest absolute Gasteiger partial charge is 0.209 e. The molecule has 1 aromatic rings. The summed E-state index contributed by atoms with van der Waals surface area (Å²) in [4.78, 5) is 11.0. The van der Waals surface area contributed by atoms with Crippen LogP contribution in [-0.4, -0.2) is 6.29 Å². The van der Waals surface area contributed by atoms with Gasteiger partial charge in [-0.2, -0.15) is 0 Å². The third-order valence-corrected chi connectivity index (χ3v) is 2.73. The van der Waals surface area contributed by atoms with Crippen molar-refractivity contribution < 1.29 is 4.79 Å². The van der Waals surface area contributed by atoms with Gasteiger partial charge in [0.05, 0.1) is 5.41 Å². The molecular formula is C12H15O. The Bertz CT molecular complexity index is 260. The largest absolute Gasteiger partial charge is 0.290 e. The van der Waals surface area contributed by atoms with Crippen molar-refractivity contribution in [2.75, 3.05) is 0 Å². The van der Waals surface area contributed by atoms with E-state index in [-0.39, 0.29) is 5.41 Å². The molecule has 0 fully saturated rings. The summed E-state index contributed by atoms with van der Waals surface area (Å²) in [5.41, 5.74) is 0.691. The van der Waals surface area contributed by atoms with Crippen LogP contribution in [0, 0.1) is 0 Å². The van der Waals surface area contributed by atoms with Gasteiger partial charge in [-0.1, -0.05) is 44.2 Å². The van der Waals surface area contributed by atoms with Gasteiger partial charge < -0.3 is 0 Å². The first-order chi connectivity index (χ1) is 6.29. The van der Waals surface area contributed by atoms with Crippen LogP contribution in [0.15, 0.2) is 30.3 Å². The molecule has 0 spiro atoms. The third-order valence-electron chi connectivity index (χ3n) is 2.73. The lowest BCUT2D eigenvalue weighted by molar-refractivity contribution is 0.463. The minimum absolute atomic E-state index is 0.388. The Balaban J connectivity index is 3.08. The topological polar surface area (TPSA) is 17.1 Å². The van der Waals surface area contributed by atoms with E-state index in [9.17, 15) is 4.79 Å². The summed E-state index contributed by atoms with van der Waals surface area (Å²) in [7, 11) is 0. The van der Waals surface area contributed by atoms with E-state index < -0.39 is 0 Å². The van der Waals surface area contributed by atoms with E-state index in [1.54, 1.807) is 0 Å². The van der Waals surface area contributed by atoms with E-state index in [1.807, 2.05) is 44.2 Å². The molecule has 0 aliphatic carbocycles. The molecule has 69 valence electrons. The van der Waals surface area contributed by atoms with Crippen molar-refractivity contribution >= 4 is 6.29 Å². The van der Waals surface area contributed by atoms with Gasteiger partial charge in [-0.15, -0.1) is 0 Å². The minimum Gasteiger partial charge on any atom is -0.290 e. The lowest BCUT2D eigenvalue weighted by atomic mass is 9.77. The highest BCUT2D eigenvalue weighted by Gasteiger charge is 2.28. The van der Waals surface area contributed by atoms with E-state index >= 15 is 0 Å². The van der Waals surface area contributed by atoms with Crippen LogP contribution in [0.1, 0.15) is 32.3 Å². The number of hydrogen-bond donors (Lipinski definition) is 0. The second-order valence-electron chi connectivity index (χ2n) is 3.26. The quantitative estimate of drug-likeness (QED) is 0.687. The van der Waals surface area contributed by atoms with Crippen LogP contribution in [0.4, 0.5) is 0 Å². The summed E-state index contributed by atoms with van der Waals surface area (Å²) >= 11 is 0. The Morgan fingerprint density at radius 2 is 1.69 bits per heavy atom. The second kappa shape index (κ2) is 4.22. The van der Waals surface area contributed by atoms with Gasteiger partial charge in [0.15, 0.2) is 0 Å². The lowest BCUT2D eigenvalue weighted by Gasteiger charge is -2.24. The van der Waals surface area contributed by atoms with Crippen molar-refractivity contribution in [1.29, 1.82) is 0 Å². The van der Waals surface area contributed by atoms with Crippen molar-refractivity contribution in [2.45, 2.75) is 32.1 Å². The molecule has 0 aliphatic heterocycles. The van der Waals surface area contributed by atoms with Gasteiger partial charge in [0.2, 0.25) is 6.29 Å². The molecule has 1 nitrogen and oxygen atoms in total. The van der Waals surface area contributed by atoms with Crippen LogP contribution in [-0.2, 0) is 10.2 Å². The molecule has 0 saturated heterocycles. The minimum atomic E-state index is -0.388.